The quantitative estimate of drug-likeness (QED) is 0.531. The standard InChI is InChI=1S/C14H9FO5/c1-2-18-14(17)11-5-8-10(19-11)6-9(15)7-3-4-12(16)20-13(7)8/h3-6H,2H2,1H3. The predicted octanol–water partition coefficient (Wildman–Crippen LogP) is 2.86. The van der Waals surface area contributed by atoms with E-state index in [0.29, 0.717) is 5.39 Å². The highest BCUT2D eigenvalue weighted by Gasteiger charge is 2.18. The number of hydrogen-bond acceptors (Lipinski definition) is 5. The van der Waals surface area contributed by atoms with E-state index in [9.17, 15) is 14.0 Å². The summed E-state index contributed by atoms with van der Waals surface area (Å²) in [4.78, 5) is 22.9. The summed E-state index contributed by atoms with van der Waals surface area (Å²) in [5.41, 5.74) is -0.442. The van der Waals surface area contributed by atoms with Crippen molar-refractivity contribution in [1.29, 1.82) is 0 Å². The molecular formula is C14H9FO5. The Hall–Kier alpha value is -2.63. The number of benzene rings is 1. The lowest BCUT2D eigenvalue weighted by Crippen LogP contribution is -2.02. The van der Waals surface area contributed by atoms with Crippen molar-refractivity contribution >= 4 is 27.9 Å². The third-order valence-electron chi connectivity index (χ3n) is 2.83. The molecule has 0 aliphatic carbocycles. The van der Waals surface area contributed by atoms with Gasteiger partial charge in [-0.3, -0.25) is 0 Å². The maximum absolute atomic E-state index is 13.9. The number of halogens is 1. The Bertz CT molecular complexity index is 874. The fraction of sp³-hybridized carbons (Fsp3) is 0.143. The van der Waals surface area contributed by atoms with Gasteiger partial charge in [-0.05, 0) is 13.0 Å². The van der Waals surface area contributed by atoms with E-state index in [1.54, 1.807) is 6.92 Å². The van der Waals surface area contributed by atoms with Crippen molar-refractivity contribution in [2.24, 2.45) is 0 Å². The summed E-state index contributed by atoms with van der Waals surface area (Å²) in [6, 6.07) is 4.97. The summed E-state index contributed by atoms with van der Waals surface area (Å²) in [5.74, 6) is -1.32. The van der Waals surface area contributed by atoms with Crippen LogP contribution in [0.3, 0.4) is 0 Å². The van der Waals surface area contributed by atoms with Crippen molar-refractivity contribution in [3.05, 3.63) is 46.3 Å². The van der Waals surface area contributed by atoms with Crippen molar-refractivity contribution in [2.45, 2.75) is 6.92 Å². The fourth-order valence-electron chi connectivity index (χ4n) is 1.99. The van der Waals surface area contributed by atoms with Crippen molar-refractivity contribution in [3.63, 3.8) is 0 Å². The number of carbonyl (C=O) groups is 1. The molecule has 0 fully saturated rings. The van der Waals surface area contributed by atoms with Gasteiger partial charge >= 0.3 is 11.6 Å². The van der Waals surface area contributed by atoms with Crippen LogP contribution in [-0.2, 0) is 4.74 Å². The molecule has 3 rings (SSSR count). The molecule has 0 aliphatic rings. The Labute approximate surface area is 111 Å². The lowest BCUT2D eigenvalue weighted by Gasteiger charge is -1.98. The van der Waals surface area contributed by atoms with Gasteiger partial charge in [0.25, 0.3) is 0 Å². The second kappa shape index (κ2) is 4.48. The normalized spacial score (nSPS) is 11.1. The molecule has 0 aliphatic heterocycles. The number of hydrogen-bond donors (Lipinski definition) is 0. The molecule has 5 nitrogen and oxygen atoms in total. The third-order valence-corrected chi connectivity index (χ3v) is 2.83. The summed E-state index contributed by atoms with van der Waals surface area (Å²) in [6.45, 7) is 1.86. The van der Waals surface area contributed by atoms with Gasteiger partial charge in [0.2, 0.25) is 5.76 Å². The zero-order chi connectivity index (χ0) is 14.3. The number of furan rings is 1. The monoisotopic (exact) mass is 276 g/mol. The molecule has 0 N–H and O–H groups in total. The minimum Gasteiger partial charge on any atom is -0.460 e. The molecule has 3 aromatic rings. The number of esters is 1. The van der Waals surface area contributed by atoms with E-state index < -0.39 is 17.4 Å². The molecule has 102 valence electrons. The predicted molar refractivity (Wildman–Crippen MR) is 68.2 cm³/mol. The number of ether oxygens (including phenoxy) is 1. The average molecular weight is 276 g/mol. The number of fused-ring (bicyclic) bond motifs is 3. The lowest BCUT2D eigenvalue weighted by molar-refractivity contribution is 0.0492. The van der Waals surface area contributed by atoms with Crippen molar-refractivity contribution in [1.82, 2.24) is 0 Å². The van der Waals surface area contributed by atoms with E-state index >= 15 is 0 Å². The van der Waals surface area contributed by atoms with Crippen LogP contribution in [0, 0.1) is 5.82 Å². The first-order chi connectivity index (χ1) is 9.60. The van der Waals surface area contributed by atoms with Crippen LogP contribution in [0.2, 0.25) is 0 Å². The van der Waals surface area contributed by atoms with Crippen molar-refractivity contribution in [3.8, 4) is 0 Å². The molecule has 6 heteroatoms. The van der Waals surface area contributed by atoms with Gasteiger partial charge in [0, 0.05) is 18.2 Å². The minimum atomic E-state index is -0.657. The molecule has 0 amide bonds. The van der Waals surface area contributed by atoms with Crippen LogP contribution < -0.4 is 5.63 Å². The number of rotatable bonds is 2. The molecule has 2 heterocycles. The molecule has 0 spiro atoms. The summed E-state index contributed by atoms with van der Waals surface area (Å²) in [5, 5.41) is 0.496. The van der Waals surface area contributed by atoms with Gasteiger partial charge in [-0.1, -0.05) is 0 Å². The molecule has 0 atom stereocenters. The summed E-state index contributed by atoms with van der Waals surface area (Å²) < 4.78 is 28.9. The second-order valence-electron chi connectivity index (χ2n) is 4.10. The zero-order valence-corrected chi connectivity index (χ0v) is 10.4. The van der Waals surface area contributed by atoms with E-state index in [2.05, 4.69) is 0 Å². The van der Waals surface area contributed by atoms with E-state index in [0.717, 1.165) is 12.1 Å². The minimum absolute atomic E-state index is 0.0480. The van der Waals surface area contributed by atoms with Crippen LogP contribution >= 0.6 is 0 Å². The van der Waals surface area contributed by atoms with Gasteiger partial charge in [-0.2, -0.15) is 0 Å². The topological polar surface area (TPSA) is 69.7 Å². The average Bonchev–Trinajstić information content (AvgIpc) is 2.83. The molecule has 0 saturated heterocycles. The molecule has 1 aromatic carbocycles. The van der Waals surface area contributed by atoms with Gasteiger partial charge in [0.05, 0.1) is 17.4 Å². The molecule has 0 unspecified atom stereocenters. The van der Waals surface area contributed by atoms with E-state index in [-0.39, 0.29) is 28.9 Å². The van der Waals surface area contributed by atoms with Crippen molar-refractivity contribution < 1.29 is 22.8 Å². The maximum atomic E-state index is 13.9. The van der Waals surface area contributed by atoms with E-state index in [1.165, 1.54) is 12.1 Å². The van der Waals surface area contributed by atoms with Crippen LogP contribution in [0.1, 0.15) is 17.5 Å². The van der Waals surface area contributed by atoms with Crippen LogP contribution in [-0.4, -0.2) is 12.6 Å². The maximum Gasteiger partial charge on any atom is 0.374 e. The molecule has 2 aromatic heterocycles. The highest BCUT2D eigenvalue weighted by atomic mass is 19.1. The molecular weight excluding hydrogens is 267 g/mol. The molecule has 0 bridgehead atoms. The van der Waals surface area contributed by atoms with Gasteiger partial charge < -0.3 is 13.6 Å². The molecule has 20 heavy (non-hydrogen) atoms. The first-order valence-corrected chi connectivity index (χ1v) is 5.93. The first kappa shape index (κ1) is 12.4. The second-order valence-corrected chi connectivity index (χ2v) is 4.10. The highest BCUT2D eigenvalue weighted by molar-refractivity contribution is 6.05. The molecule has 0 radical (unpaired) electrons. The highest BCUT2D eigenvalue weighted by Crippen LogP contribution is 2.29. The Morgan fingerprint density at radius 2 is 2.05 bits per heavy atom. The molecule has 0 saturated carbocycles. The Balaban J connectivity index is 2.33. The Morgan fingerprint density at radius 1 is 1.25 bits per heavy atom. The van der Waals surface area contributed by atoms with Gasteiger partial charge in [-0.15, -0.1) is 0 Å². The number of carbonyl (C=O) groups excluding carboxylic acids is 1. The van der Waals surface area contributed by atoms with Crippen LogP contribution in [0.4, 0.5) is 4.39 Å². The largest absolute Gasteiger partial charge is 0.460 e. The fourth-order valence-corrected chi connectivity index (χ4v) is 1.99. The summed E-state index contributed by atoms with van der Waals surface area (Å²) in [6.07, 6.45) is 0. The van der Waals surface area contributed by atoms with Crippen LogP contribution in [0.25, 0.3) is 21.9 Å². The van der Waals surface area contributed by atoms with Crippen molar-refractivity contribution in [2.75, 3.05) is 6.61 Å². The van der Waals surface area contributed by atoms with E-state index in [4.69, 9.17) is 13.6 Å². The zero-order valence-electron chi connectivity index (χ0n) is 10.4. The van der Waals surface area contributed by atoms with E-state index in [1.807, 2.05) is 0 Å². The van der Waals surface area contributed by atoms with Gasteiger partial charge in [0.1, 0.15) is 11.4 Å². The van der Waals surface area contributed by atoms with Crippen LogP contribution in [0.5, 0.6) is 0 Å². The van der Waals surface area contributed by atoms with Gasteiger partial charge in [-0.25, -0.2) is 14.0 Å². The summed E-state index contributed by atoms with van der Waals surface area (Å²) in [7, 11) is 0. The van der Waals surface area contributed by atoms with Gasteiger partial charge in [0.15, 0.2) is 5.58 Å². The Kier molecular flexibility index (Phi) is 2.78. The SMILES string of the molecule is CCOC(=O)c1cc2c(cc(F)c3ccc(=O)oc32)o1. The Morgan fingerprint density at radius 3 is 2.80 bits per heavy atom. The first-order valence-electron chi connectivity index (χ1n) is 5.93. The lowest BCUT2D eigenvalue weighted by atomic mass is 10.1. The third kappa shape index (κ3) is 1.85. The smallest absolute Gasteiger partial charge is 0.374 e. The summed E-state index contributed by atoms with van der Waals surface area (Å²) >= 11 is 0. The van der Waals surface area contributed by atoms with Crippen LogP contribution in [0.15, 0.2) is 37.9 Å².